The fourth-order valence-electron chi connectivity index (χ4n) is 3.92. The van der Waals surface area contributed by atoms with Crippen LogP contribution in [0.25, 0.3) is 5.82 Å². The molecule has 1 atom stereocenters. The Morgan fingerprint density at radius 3 is 2.49 bits per heavy atom. The number of halogens is 1. The summed E-state index contributed by atoms with van der Waals surface area (Å²) in [5.74, 6) is 1.57. The van der Waals surface area contributed by atoms with Crippen LogP contribution in [-0.4, -0.2) is 32.9 Å². The minimum Gasteiger partial charge on any atom is -0.439 e. The summed E-state index contributed by atoms with van der Waals surface area (Å²) < 4.78 is 7.78. The summed E-state index contributed by atoms with van der Waals surface area (Å²) in [4.78, 5) is 35.6. The molecule has 35 heavy (non-hydrogen) atoms. The third kappa shape index (κ3) is 5.17. The van der Waals surface area contributed by atoms with E-state index >= 15 is 0 Å². The number of aromatic nitrogens is 3. The molecule has 0 radical (unpaired) electrons. The van der Waals surface area contributed by atoms with E-state index in [-0.39, 0.29) is 18.2 Å². The minimum absolute atomic E-state index is 0.0874. The lowest BCUT2D eigenvalue weighted by molar-refractivity contribution is -0.122. The normalized spacial score (nSPS) is 15.3. The van der Waals surface area contributed by atoms with E-state index in [9.17, 15) is 9.59 Å². The van der Waals surface area contributed by atoms with Crippen LogP contribution in [0.5, 0.6) is 11.6 Å². The molecular formula is C26H22ClN5O3. The maximum Gasteiger partial charge on any atom is 0.229 e. The number of aryl methyl sites for hydroxylation is 1. The predicted octanol–water partition coefficient (Wildman–Crippen LogP) is 5.01. The number of nitrogens with one attached hydrogen (secondary N) is 1. The Labute approximate surface area is 207 Å². The highest BCUT2D eigenvalue weighted by Crippen LogP contribution is 2.28. The van der Waals surface area contributed by atoms with Crippen molar-refractivity contribution >= 4 is 34.8 Å². The Morgan fingerprint density at radius 2 is 1.77 bits per heavy atom. The number of carbonyl (C=O) groups excluding carboxylic acids is 2. The van der Waals surface area contributed by atoms with E-state index < -0.39 is 5.92 Å². The third-order valence-electron chi connectivity index (χ3n) is 5.65. The smallest absolute Gasteiger partial charge is 0.229 e. The van der Waals surface area contributed by atoms with Gasteiger partial charge >= 0.3 is 0 Å². The summed E-state index contributed by atoms with van der Waals surface area (Å²) in [5, 5.41) is 3.49. The molecule has 0 bridgehead atoms. The molecule has 0 saturated carbocycles. The molecule has 1 saturated heterocycles. The second kappa shape index (κ2) is 9.60. The SMILES string of the molecule is Cc1nc(Oc2ccc(NC(=O)C3CC(=O)N(c4ccc(Cl)cc4)C3)cc2)cc(-n2cccc2)n1. The summed E-state index contributed by atoms with van der Waals surface area (Å²) in [6.07, 6.45) is 3.96. The Kier molecular flexibility index (Phi) is 6.20. The third-order valence-corrected chi connectivity index (χ3v) is 5.90. The number of nitrogens with zero attached hydrogens (tertiary/aromatic N) is 4. The molecule has 1 unspecified atom stereocenters. The second-order valence-electron chi connectivity index (χ2n) is 8.20. The Bertz CT molecular complexity index is 1360. The van der Waals surface area contributed by atoms with Crippen molar-refractivity contribution in [3.63, 3.8) is 0 Å². The largest absolute Gasteiger partial charge is 0.439 e. The molecule has 5 rings (SSSR count). The molecule has 8 nitrogen and oxygen atoms in total. The average Bonchev–Trinajstić information content (AvgIpc) is 3.51. The number of hydrogen-bond acceptors (Lipinski definition) is 5. The van der Waals surface area contributed by atoms with Gasteiger partial charge in [0, 0.05) is 47.8 Å². The quantitative estimate of drug-likeness (QED) is 0.413. The van der Waals surface area contributed by atoms with E-state index in [0.29, 0.717) is 40.5 Å². The lowest BCUT2D eigenvalue weighted by Gasteiger charge is -2.17. The van der Waals surface area contributed by atoms with Crippen molar-refractivity contribution in [3.8, 4) is 17.4 Å². The number of anilines is 2. The van der Waals surface area contributed by atoms with Crippen molar-refractivity contribution in [3.05, 3.63) is 90.0 Å². The van der Waals surface area contributed by atoms with Gasteiger partial charge < -0.3 is 19.5 Å². The van der Waals surface area contributed by atoms with Crippen LogP contribution in [0.15, 0.2) is 79.1 Å². The summed E-state index contributed by atoms with van der Waals surface area (Å²) in [7, 11) is 0. The molecule has 176 valence electrons. The Morgan fingerprint density at radius 1 is 1.06 bits per heavy atom. The van der Waals surface area contributed by atoms with E-state index in [4.69, 9.17) is 16.3 Å². The summed E-state index contributed by atoms with van der Waals surface area (Å²) in [6, 6.07) is 19.6. The van der Waals surface area contributed by atoms with Crippen LogP contribution in [0, 0.1) is 12.8 Å². The molecule has 0 aliphatic carbocycles. The highest BCUT2D eigenvalue weighted by atomic mass is 35.5. The summed E-state index contributed by atoms with van der Waals surface area (Å²) in [5.41, 5.74) is 1.35. The maximum atomic E-state index is 12.8. The standard InChI is InChI=1S/C26H22ClN5O3/c1-17-28-23(31-12-2-3-13-31)15-24(29-17)35-22-10-6-20(7-11-22)30-26(34)18-14-25(33)32(16-18)21-8-4-19(27)5-9-21/h2-13,15,18H,14,16H2,1H3,(H,30,34). The Hall–Kier alpha value is -4.17. The van der Waals surface area contributed by atoms with Gasteiger partial charge in [-0.1, -0.05) is 11.6 Å². The van der Waals surface area contributed by atoms with Gasteiger partial charge in [0.15, 0.2) is 0 Å². The van der Waals surface area contributed by atoms with Gasteiger partial charge in [-0.3, -0.25) is 9.59 Å². The summed E-state index contributed by atoms with van der Waals surface area (Å²) in [6.45, 7) is 2.13. The first-order valence-electron chi connectivity index (χ1n) is 11.1. The highest BCUT2D eigenvalue weighted by Gasteiger charge is 2.35. The molecule has 2 aromatic heterocycles. The number of hydrogen-bond donors (Lipinski definition) is 1. The lowest BCUT2D eigenvalue weighted by Crippen LogP contribution is -2.28. The van der Waals surface area contributed by atoms with Crippen LogP contribution < -0.4 is 15.0 Å². The molecule has 1 aliphatic heterocycles. The minimum atomic E-state index is -0.440. The van der Waals surface area contributed by atoms with Gasteiger partial charge in [-0.2, -0.15) is 4.98 Å². The van der Waals surface area contributed by atoms with Crippen LogP contribution in [0.2, 0.25) is 5.02 Å². The molecular weight excluding hydrogens is 466 g/mol. The first-order valence-corrected chi connectivity index (χ1v) is 11.5. The van der Waals surface area contributed by atoms with E-state index in [0.717, 1.165) is 5.69 Å². The number of benzene rings is 2. The van der Waals surface area contributed by atoms with Crippen LogP contribution in [-0.2, 0) is 9.59 Å². The van der Waals surface area contributed by atoms with Crippen LogP contribution in [0.4, 0.5) is 11.4 Å². The first-order chi connectivity index (χ1) is 16.9. The zero-order valence-corrected chi connectivity index (χ0v) is 19.6. The van der Waals surface area contributed by atoms with E-state index in [1.54, 1.807) is 66.4 Å². The number of ether oxygens (including phenoxy) is 1. The highest BCUT2D eigenvalue weighted by molar-refractivity contribution is 6.30. The van der Waals surface area contributed by atoms with Gasteiger partial charge in [-0.15, -0.1) is 0 Å². The molecule has 9 heteroatoms. The first kappa shape index (κ1) is 22.6. The zero-order valence-electron chi connectivity index (χ0n) is 18.9. The van der Waals surface area contributed by atoms with Gasteiger partial charge in [0.1, 0.15) is 17.4 Å². The fourth-order valence-corrected chi connectivity index (χ4v) is 4.05. The second-order valence-corrected chi connectivity index (χ2v) is 8.64. The van der Waals surface area contributed by atoms with Crippen molar-refractivity contribution < 1.29 is 14.3 Å². The van der Waals surface area contributed by atoms with Crippen LogP contribution in [0.3, 0.4) is 0 Å². The molecule has 2 amide bonds. The van der Waals surface area contributed by atoms with Gasteiger partial charge in [0.2, 0.25) is 17.7 Å². The molecule has 4 aromatic rings. The van der Waals surface area contributed by atoms with Gasteiger partial charge in [0.05, 0.1) is 5.92 Å². The molecule has 1 aliphatic rings. The van der Waals surface area contributed by atoms with Crippen LogP contribution in [0.1, 0.15) is 12.2 Å². The van der Waals surface area contributed by atoms with Gasteiger partial charge in [-0.05, 0) is 67.6 Å². The monoisotopic (exact) mass is 487 g/mol. The molecule has 2 aromatic carbocycles. The lowest BCUT2D eigenvalue weighted by atomic mass is 10.1. The molecule has 0 spiro atoms. The van der Waals surface area contributed by atoms with Crippen molar-refractivity contribution in [2.24, 2.45) is 5.92 Å². The summed E-state index contributed by atoms with van der Waals surface area (Å²) >= 11 is 5.93. The topological polar surface area (TPSA) is 89.3 Å². The van der Waals surface area contributed by atoms with Crippen molar-refractivity contribution in [1.82, 2.24) is 14.5 Å². The number of carbonyl (C=O) groups is 2. The maximum absolute atomic E-state index is 12.8. The zero-order chi connectivity index (χ0) is 24.4. The molecule has 3 heterocycles. The van der Waals surface area contributed by atoms with E-state index in [1.165, 1.54) is 0 Å². The van der Waals surface area contributed by atoms with Crippen molar-refractivity contribution in [2.75, 3.05) is 16.8 Å². The molecule has 1 fully saturated rings. The fraction of sp³-hybridized carbons (Fsp3) is 0.154. The predicted molar refractivity (Wildman–Crippen MR) is 133 cm³/mol. The van der Waals surface area contributed by atoms with Gasteiger partial charge in [0.25, 0.3) is 0 Å². The Balaban J connectivity index is 1.22. The van der Waals surface area contributed by atoms with E-state index in [1.807, 2.05) is 29.1 Å². The van der Waals surface area contributed by atoms with Crippen molar-refractivity contribution in [2.45, 2.75) is 13.3 Å². The molecule has 1 N–H and O–H groups in total. The van der Waals surface area contributed by atoms with Crippen LogP contribution >= 0.6 is 11.6 Å². The average molecular weight is 488 g/mol. The van der Waals surface area contributed by atoms with Crippen molar-refractivity contribution in [1.29, 1.82) is 0 Å². The van der Waals surface area contributed by atoms with E-state index in [2.05, 4.69) is 15.3 Å². The number of rotatable bonds is 6. The number of amides is 2. The van der Waals surface area contributed by atoms with Gasteiger partial charge in [-0.25, -0.2) is 4.98 Å².